The molecule has 18 heavy (non-hydrogen) atoms. The number of carbonyl (C=O) groups excluding carboxylic acids is 1. The molecule has 2 aromatic rings. The van der Waals surface area contributed by atoms with Crippen LogP contribution in [0.5, 0.6) is 0 Å². The molecular weight excluding hydrogens is 234 g/mol. The van der Waals surface area contributed by atoms with Crippen LogP contribution in [0.2, 0.25) is 0 Å². The summed E-state index contributed by atoms with van der Waals surface area (Å²) in [6.07, 6.45) is 1.66. The van der Waals surface area contributed by atoms with Crippen LogP contribution >= 0.6 is 0 Å². The summed E-state index contributed by atoms with van der Waals surface area (Å²) in [7, 11) is 1.32. The monoisotopic (exact) mass is 247 g/mol. The first-order valence-corrected chi connectivity index (χ1v) is 5.45. The first-order chi connectivity index (χ1) is 8.70. The predicted molar refractivity (Wildman–Crippen MR) is 65.2 cm³/mol. The molecular formula is C12H13N3O3. The zero-order chi connectivity index (χ0) is 13.0. The lowest BCUT2D eigenvalue weighted by atomic mass is 10.3. The smallest absolute Gasteiger partial charge is 0.319 e. The van der Waals surface area contributed by atoms with Crippen molar-refractivity contribution in [1.29, 1.82) is 0 Å². The van der Waals surface area contributed by atoms with E-state index in [-0.39, 0.29) is 18.1 Å². The Morgan fingerprint density at radius 1 is 1.50 bits per heavy atom. The van der Waals surface area contributed by atoms with Crippen LogP contribution in [0.3, 0.4) is 0 Å². The number of pyridine rings is 1. The van der Waals surface area contributed by atoms with Gasteiger partial charge >= 0.3 is 5.97 Å². The number of aromatic nitrogens is 2. The van der Waals surface area contributed by atoms with Gasteiger partial charge in [-0.15, -0.1) is 0 Å². The maximum Gasteiger partial charge on any atom is 0.319 e. The summed E-state index contributed by atoms with van der Waals surface area (Å²) >= 11 is 0. The first-order valence-electron chi connectivity index (χ1n) is 5.45. The molecule has 0 aliphatic heterocycles. The van der Waals surface area contributed by atoms with Crippen molar-refractivity contribution >= 4 is 11.6 Å². The second-order valence-corrected chi connectivity index (χ2v) is 3.69. The van der Waals surface area contributed by atoms with Crippen molar-refractivity contribution in [2.45, 2.75) is 6.54 Å². The summed E-state index contributed by atoms with van der Waals surface area (Å²) in [6, 6.07) is 6.78. The minimum atomic E-state index is -0.354. The van der Waals surface area contributed by atoms with Crippen LogP contribution in [0.4, 0.5) is 0 Å². The Balaban J connectivity index is 2.15. The molecule has 6 nitrogen and oxygen atoms in total. The molecule has 0 spiro atoms. The second-order valence-electron chi connectivity index (χ2n) is 3.69. The highest BCUT2D eigenvalue weighted by Gasteiger charge is 2.03. The quantitative estimate of drug-likeness (QED) is 0.767. The standard InChI is InChI=1S/C12H13N3O3/c1-18-12(17)8-13-7-9-6-11(16)15-5-3-2-4-10(15)14-9/h2-6,13H,7-8H2,1H3. The molecule has 0 amide bonds. The molecule has 0 bridgehead atoms. The third kappa shape index (κ3) is 2.72. The van der Waals surface area contributed by atoms with E-state index in [9.17, 15) is 9.59 Å². The molecule has 2 rings (SSSR count). The molecule has 2 aromatic heterocycles. The fourth-order valence-electron chi connectivity index (χ4n) is 1.56. The summed E-state index contributed by atoms with van der Waals surface area (Å²) in [6.45, 7) is 0.433. The molecule has 94 valence electrons. The van der Waals surface area contributed by atoms with Crippen LogP contribution < -0.4 is 10.9 Å². The van der Waals surface area contributed by atoms with Crippen molar-refractivity contribution in [2.24, 2.45) is 0 Å². The van der Waals surface area contributed by atoms with Gasteiger partial charge in [0.05, 0.1) is 19.3 Å². The van der Waals surface area contributed by atoms with E-state index >= 15 is 0 Å². The van der Waals surface area contributed by atoms with Gasteiger partial charge in [0.25, 0.3) is 5.56 Å². The highest BCUT2D eigenvalue weighted by Crippen LogP contribution is 1.98. The zero-order valence-electron chi connectivity index (χ0n) is 9.92. The molecule has 0 fully saturated rings. The Morgan fingerprint density at radius 3 is 3.11 bits per heavy atom. The molecule has 0 saturated carbocycles. The van der Waals surface area contributed by atoms with Crippen LogP contribution in [0.15, 0.2) is 35.3 Å². The molecule has 0 aliphatic rings. The van der Waals surface area contributed by atoms with E-state index in [2.05, 4.69) is 15.0 Å². The van der Waals surface area contributed by atoms with Gasteiger partial charge in [-0.25, -0.2) is 4.98 Å². The fraction of sp³-hybridized carbons (Fsp3) is 0.250. The van der Waals surface area contributed by atoms with Gasteiger partial charge in [-0.2, -0.15) is 0 Å². The number of nitrogens with one attached hydrogen (secondary N) is 1. The molecule has 2 heterocycles. The first kappa shape index (κ1) is 12.3. The predicted octanol–water partition coefficient (Wildman–Crippen LogP) is -0.0429. The third-order valence-electron chi connectivity index (χ3n) is 2.43. The molecule has 0 atom stereocenters. The molecule has 0 radical (unpaired) electrons. The lowest BCUT2D eigenvalue weighted by Crippen LogP contribution is -2.25. The van der Waals surface area contributed by atoms with E-state index < -0.39 is 0 Å². The van der Waals surface area contributed by atoms with Gasteiger partial charge in [-0.3, -0.25) is 14.0 Å². The van der Waals surface area contributed by atoms with Crippen LogP contribution in [0, 0.1) is 0 Å². The Kier molecular flexibility index (Phi) is 3.69. The number of esters is 1. The van der Waals surface area contributed by atoms with Gasteiger partial charge in [-0.05, 0) is 12.1 Å². The van der Waals surface area contributed by atoms with Crippen LogP contribution in [0.1, 0.15) is 5.69 Å². The number of hydrogen-bond acceptors (Lipinski definition) is 5. The Bertz CT molecular complexity index is 621. The summed E-state index contributed by atoms with van der Waals surface area (Å²) < 4.78 is 5.96. The van der Waals surface area contributed by atoms with Crippen LogP contribution in [-0.4, -0.2) is 29.0 Å². The number of hydrogen-bond donors (Lipinski definition) is 1. The van der Waals surface area contributed by atoms with Crippen molar-refractivity contribution in [1.82, 2.24) is 14.7 Å². The van der Waals surface area contributed by atoms with Gasteiger partial charge in [0.1, 0.15) is 5.65 Å². The van der Waals surface area contributed by atoms with E-state index in [1.807, 2.05) is 6.07 Å². The van der Waals surface area contributed by atoms with E-state index in [1.165, 1.54) is 17.6 Å². The molecule has 0 saturated heterocycles. The van der Waals surface area contributed by atoms with E-state index in [0.29, 0.717) is 17.9 Å². The Labute approximate surface area is 103 Å². The fourth-order valence-corrected chi connectivity index (χ4v) is 1.56. The molecule has 6 heteroatoms. The molecule has 0 aromatic carbocycles. The SMILES string of the molecule is COC(=O)CNCc1cc(=O)n2ccccc2n1. The van der Waals surface area contributed by atoms with E-state index in [1.54, 1.807) is 18.3 Å². The average molecular weight is 247 g/mol. The number of nitrogens with zero attached hydrogens (tertiary/aromatic N) is 2. The second kappa shape index (κ2) is 5.42. The van der Waals surface area contributed by atoms with Crippen molar-refractivity contribution in [3.8, 4) is 0 Å². The lowest BCUT2D eigenvalue weighted by molar-refractivity contribution is -0.139. The summed E-state index contributed by atoms with van der Waals surface area (Å²) in [5.74, 6) is -0.354. The summed E-state index contributed by atoms with van der Waals surface area (Å²) in [5.41, 5.74) is 1.03. The topological polar surface area (TPSA) is 72.7 Å². The number of ether oxygens (including phenoxy) is 1. The molecule has 0 aliphatic carbocycles. The summed E-state index contributed by atoms with van der Waals surface area (Å²) in [4.78, 5) is 27.0. The maximum atomic E-state index is 11.8. The van der Waals surface area contributed by atoms with Gasteiger partial charge in [0, 0.05) is 18.8 Å². The lowest BCUT2D eigenvalue weighted by Gasteiger charge is -2.04. The van der Waals surface area contributed by atoms with Gasteiger partial charge in [0.2, 0.25) is 0 Å². The van der Waals surface area contributed by atoms with Gasteiger partial charge in [-0.1, -0.05) is 6.07 Å². The van der Waals surface area contributed by atoms with Gasteiger partial charge in [0.15, 0.2) is 0 Å². The van der Waals surface area contributed by atoms with Crippen molar-refractivity contribution in [3.63, 3.8) is 0 Å². The van der Waals surface area contributed by atoms with Gasteiger partial charge < -0.3 is 10.1 Å². The van der Waals surface area contributed by atoms with Crippen molar-refractivity contribution in [3.05, 3.63) is 46.5 Å². The van der Waals surface area contributed by atoms with E-state index in [4.69, 9.17) is 0 Å². The van der Waals surface area contributed by atoms with Crippen LogP contribution in [0.25, 0.3) is 5.65 Å². The van der Waals surface area contributed by atoms with Crippen molar-refractivity contribution < 1.29 is 9.53 Å². The molecule has 0 unspecified atom stereocenters. The number of carbonyl (C=O) groups is 1. The van der Waals surface area contributed by atoms with Crippen LogP contribution in [-0.2, 0) is 16.1 Å². The normalized spacial score (nSPS) is 10.5. The summed E-state index contributed by atoms with van der Waals surface area (Å²) in [5, 5.41) is 2.86. The van der Waals surface area contributed by atoms with E-state index in [0.717, 1.165) is 0 Å². The number of rotatable bonds is 4. The Hall–Kier alpha value is -2.21. The molecule has 1 N–H and O–H groups in total. The highest BCUT2D eigenvalue weighted by molar-refractivity contribution is 5.71. The van der Waals surface area contributed by atoms with Crippen molar-refractivity contribution in [2.75, 3.05) is 13.7 Å². The number of fused-ring (bicyclic) bond motifs is 1. The third-order valence-corrected chi connectivity index (χ3v) is 2.43. The largest absolute Gasteiger partial charge is 0.468 e. The number of methoxy groups -OCH3 is 1. The zero-order valence-corrected chi connectivity index (χ0v) is 9.92. The average Bonchev–Trinajstić information content (AvgIpc) is 2.38. The Morgan fingerprint density at radius 2 is 2.33 bits per heavy atom. The minimum Gasteiger partial charge on any atom is -0.468 e. The highest BCUT2D eigenvalue weighted by atomic mass is 16.5. The maximum absolute atomic E-state index is 11.8. The minimum absolute atomic E-state index is 0.0896.